The standard InChI is InChI=1S/C16H25N3O/c1-2-7-18-8-10-19(11-9-18)14-12-20-15-6-4-3-5-13(15)16(14)17/h3-6,14,16H,2,7-12,17H2,1H3. The third kappa shape index (κ3) is 2.68. The minimum atomic E-state index is 0.0673. The zero-order valence-corrected chi connectivity index (χ0v) is 12.3. The molecule has 0 saturated carbocycles. The molecule has 2 aliphatic rings. The lowest BCUT2D eigenvalue weighted by molar-refractivity contribution is 0.0497. The summed E-state index contributed by atoms with van der Waals surface area (Å²) in [6.45, 7) is 8.68. The summed E-state index contributed by atoms with van der Waals surface area (Å²) in [6, 6.07) is 8.55. The quantitative estimate of drug-likeness (QED) is 0.907. The second-order valence-corrected chi connectivity index (χ2v) is 5.82. The van der Waals surface area contributed by atoms with Gasteiger partial charge in [0.25, 0.3) is 0 Å². The van der Waals surface area contributed by atoms with Crippen molar-refractivity contribution in [3.05, 3.63) is 29.8 Å². The normalized spacial score (nSPS) is 27.9. The van der Waals surface area contributed by atoms with Gasteiger partial charge in [-0.3, -0.25) is 4.90 Å². The van der Waals surface area contributed by atoms with Crippen molar-refractivity contribution in [2.75, 3.05) is 39.3 Å². The molecule has 2 atom stereocenters. The molecule has 0 radical (unpaired) electrons. The van der Waals surface area contributed by atoms with Crippen LogP contribution in [-0.4, -0.2) is 55.2 Å². The number of hydrogen-bond acceptors (Lipinski definition) is 4. The Morgan fingerprint density at radius 1 is 1.20 bits per heavy atom. The summed E-state index contributed by atoms with van der Waals surface area (Å²) >= 11 is 0. The molecule has 0 bridgehead atoms. The topological polar surface area (TPSA) is 41.7 Å². The average Bonchev–Trinajstić information content (AvgIpc) is 2.49. The fraction of sp³-hybridized carbons (Fsp3) is 0.625. The summed E-state index contributed by atoms with van der Waals surface area (Å²) in [7, 11) is 0. The summed E-state index contributed by atoms with van der Waals surface area (Å²) in [6.07, 6.45) is 1.24. The zero-order valence-electron chi connectivity index (χ0n) is 12.3. The Bertz CT molecular complexity index is 443. The van der Waals surface area contributed by atoms with Crippen molar-refractivity contribution < 1.29 is 4.74 Å². The summed E-state index contributed by atoms with van der Waals surface area (Å²) in [5.41, 5.74) is 7.63. The molecular weight excluding hydrogens is 250 g/mol. The van der Waals surface area contributed by atoms with E-state index >= 15 is 0 Å². The van der Waals surface area contributed by atoms with Gasteiger partial charge >= 0.3 is 0 Å². The van der Waals surface area contributed by atoms with E-state index in [1.54, 1.807) is 0 Å². The lowest BCUT2D eigenvalue weighted by Crippen LogP contribution is -2.56. The van der Waals surface area contributed by atoms with E-state index in [-0.39, 0.29) is 6.04 Å². The number of piperazine rings is 1. The van der Waals surface area contributed by atoms with E-state index in [1.807, 2.05) is 18.2 Å². The van der Waals surface area contributed by atoms with Crippen LogP contribution < -0.4 is 10.5 Å². The van der Waals surface area contributed by atoms with E-state index < -0.39 is 0 Å². The molecule has 2 unspecified atom stereocenters. The van der Waals surface area contributed by atoms with Crippen molar-refractivity contribution in [1.29, 1.82) is 0 Å². The van der Waals surface area contributed by atoms with Gasteiger partial charge in [0.1, 0.15) is 12.4 Å². The highest BCUT2D eigenvalue weighted by Crippen LogP contribution is 2.32. The predicted molar refractivity (Wildman–Crippen MR) is 81.0 cm³/mol. The van der Waals surface area contributed by atoms with Crippen LogP contribution in [0.3, 0.4) is 0 Å². The molecule has 1 aromatic rings. The van der Waals surface area contributed by atoms with Crippen LogP contribution in [0.2, 0.25) is 0 Å². The van der Waals surface area contributed by atoms with Crippen molar-refractivity contribution in [1.82, 2.24) is 9.80 Å². The number of rotatable bonds is 3. The molecule has 110 valence electrons. The van der Waals surface area contributed by atoms with Crippen LogP contribution >= 0.6 is 0 Å². The van der Waals surface area contributed by atoms with E-state index in [0.29, 0.717) is 12.6 Å². The number of fused-ring (bicyclic) bond motifs is 1. The molecule has 0 spiro atoms. The van der Waals surface area contributed by atoms with Crippen LogP contribution in [0.25, 0.3) is 0 Å². The molecule has 0 amide bonds. The second kappa shape index (κ2) is 6.12. The van der Waals surface area contributed by atoms with Crippen molar-refractivity contribution >= 4 is 0 Å². The minimum Gasteiger partial charge on any atom is -0.492 e. The number of ether oxygens (including phenoxy) is 1. The van der Waals surface area contributed by atoms with Gasteiger partial charge in [0.2, 0.25) is 0 Å². The number of hydrogen-bond donors (Lipinski definition) is 1. The Kier molecular flexibility index (Phi) is 4.24. The first-order valence-electron chi connectivity index (χ1n) is 7.73. The van der Waals surface area contributed by atoms with Gasteiger partial charge in [0.15, 0.2) is 0 Å². The molecule has 4 nitrogen and oxygen atoms in total. The Labute approximate surface area is 121 Å². The molecule has 2 aliphatic heterocycles. The molecule has 0 aromatic heterocycles. The number of para-hydroxylation sites is 1. The van der Waals surface area contributed by atoms with Gasteiger partial charge in [0, 0.05) is 31.7 Å². The van der Waals surface area contributed by atoms with E-state index in [9.17, 15) is 0 Å². The lowest BCUT2D eigenvalue weighted by Gasteiger charge is -2.43. The van der Waals surface area contributed by atoms with E-state index in [4.69, 9.17) is 10.5 Å². The van der Waals surface area contributed by atoms with Crippen LogP contribution in [0, 0.1) is 0 Å². The van der Waals surface area contributed by atoms with Gasteiger partial charge in [-0.15, -0.1) is 0 Å². The Hall–Kier alpha value is -1.10. The SMILES string of the molecule is CCCN1CCN(C2COc3ccccc3C2N)CC1. The smallest absolute Gasteiger partial charge is 0.124 e. The molecule has 2 heterocycles. The fourth-order valence-corrected chi connectivity index (χ4v) is 3.34. The summed E-state index contributed by atoms with van der Waals surface area (Å²) < 4.78 is 5.90. The van der Waals surface area contributed by atoms with Gasteiger partial charge in [-0.2, -0.15) is 0 Å². The van der Waals surface area contributed by atoms with E-state index in [2.05, 4.69) is 22.8 Å². The molecule has 1 saturated heterocycles. The number of nitrogens with two attached hydrogens (primary N) is 1. The van der Waals surface area contributed by atoms with Gasteiger partial charge in [-0.1, -0.05) is 25.1 Å². The third-order valence-electron chi connectivity index (χ3n) is 4.52. The van der Waals surface area contributed by atoms with Crippen LogP contribution in [0.5, 0.6) is 5.75 Å². The molecule has 0 aliphatic carbocycles. The second-order valence-electron chi connectivity index (χ2n) is 5.82. The van der Waals surface area contributed by atoms with Crippen molar-refractivity contribution in [2.24, 2.45) is 5.73 Å². The predicted octanol–water partition coefficient (Wildman–Crippen LogP) is 1.47. The van der Waals surface area contributed by atoms with Crippen LogP contribution in [-0.2, 0) is 0 Å². The Morgan fingerprint density at radius 3 is 2.70 bits per heavy atom. The van der Waals surface area contributed by atoms with Crippen LogP contribution in [0.15, 0.2) is 24.3 Å². The largest absolute Gasteiger partial charge is 0.492 e. The maximum atomic E-state index is 6.48. The van der Waals surface area contributed by atoms with E-state index in [1.165, 1.54) is 13.0 Å². The summed E-state index contributed by atoms with van der Waals surface area (Å²) in [5.74, 6) is 0.959. The van der Waals surface area contributed by atoms with Gasteiger partial charge in [0.05, 0.1) is 12.1 Å². The first kappa shape index (κ1) is 13.9. The lowest BCUT2D eigenvalue weighted by atomic mass is 9.95. The highest BCUT2D eigenvalue weighted by molar-refractivity contribution is 5.38. The first-order chi connectivity index (χ1) is 9.79. The molecule has 2 N–H and O–H groups in total. The maximum Gasteiger partial charge on any atom is 0.124 e. The van der Waals surface area contributed by atoms with Crippen LogP contribution in [0.1, 0.15) is 24.9 Å². The molecule has 20 heavy (non-hydrogen) atoms. The average molecular weight is 275 g/mol. The molecule has 3 rings (SSSR count). The fourth-order valence-electron chi connectivity index (χ4n) is 3.34. The van der Waals surface area contributed by atoms with Crippen molar-refractivity contribution in [3.8, 4) is 5.75 Å². The summed E-state index contributed by atoms with van der Waals surface area (Å²) in [5, 5.41) is 0. The third-order valence-corrected chi connectivity index (χ3v) is 4.52. The highest BCUT2D eigenvalue weighted by atomic mass is 16.5. The highest BCUT2D eigenvalue weighted by Gasteiger charge is 2.33. The molecule has 1 fully saturated rings. The van der Waals surface area contributed by atoms with E-state index in [0.717, 1.165) is 37.5 Å². The maximum absolute atomic E-state index is 6.48. The van der Waals surface area contributed by atoms with Crippen LogP contribution in [0.4, 0.5) is 0 Å². The molecule has 4 heteroatoms. The van der Waals surface area contributed by atoms with Gasteiger partial charge < -0.3 is 15.4 Å². The number of nitrogens with zero attached hydrogens (tertiary/aromatic N) is 2. The van der Waals surface area contributed by atoms with Crippen molar-refractivity contribution in [3.63, 3.8) is 0 Å². The van der Waals surface area contributed by atoms with Gasteiger partial charge in [-0.05, 0) is 19.0 Å². The molecular formula is C16H25N3O. The molecule has 1 aromatic carbocycles. The minimum absolute atomic E-state index is 0.0673. The zero-order chi connectivity index (χ0) is 13.9. The monoisotopic (exact) mass is 275 g/mol. The van der Waals surface area contributed by atoms with Gasteiger partial charge in [-0.25, -0.2) is 0 Å². The van der Waals surface area contributed by atoms with Crippen molar-refractivity contribution in [2.45, 2.75) is 25.4 Å². The Morgan fingerprint density at radius 2 is 1.95 bits per heavy atom. The Balaban J connectivity index is 1.65. The first-order valence-corrected chi connectivity index (χ1v) is 7.73. The summed E-state index contributed by atoms with van der Waals surface area (Å²) in [4.78, 5) is 5.05. The number of benzene rings is 1.